The van der Waals surface area contributed by atoms with Crippen molar-refractivity contribution < 1.29 is 23.9 Å². The minimum absolute atomic E-state index is 0.0862. The van der Waals surface area contributed by atoms with Crippen LogP contribution in [0.5, 0.6) is 0 Å². The van der Waals surface area contributed by atoms with E-state index in [1.165, 1.54) is 14.7 Å². The SMILES string of the molecule is CC(C)(C)c1ccc(N(C(=O)[C@H]2CCCN2C(=O)OCc2ccccc2)C(C(=O)N2CCNC(=O)C2)c2cccnc2)cc1. The molecule has 5 rings (SSSR count). The third kappa shape index (κ3) is 6.90. The van der Waals surface area contributed by atoms with E-state index in [1.54, 1.807) is 24.5 Å². The van der Waals surface area contributed by atoms with E-state index in [4.69, 9.17) is 4.74 Å². The number of nitrogens with one attached hydrogen (secondary N) is 1. The van der Waals surface area contributed by atoms with Gasteiger partial charge < -0.3 is 15.0 Å². The van der Waals surface area contributed by atoms with Crippen molar-refractivity contribution in [2.24, 2.45) is 0 Å². The maximum atomic E-state index is 14.7. The molecule has 0 spiro atoms. The first-order chi connectivity index (χ1) is 21.1. The Morgan fingerprint density at radius 1 is 1.02 bits per heavy atom. The van der Waals surface area contributed by atoms with Crippen molar-refractivity contribution in [3.63, 3.8) is 0 Å². The zero-order valence-corrected chi connectivity index (χ0v) is 25.4. The molecule has 2 saturated heterocycles. The summed E-state index contributed by atoms with van der Waals surface area (Å²) < 4.78 is 5.62. The van der Waals surface area contributed by atoms with Gasteiger partial charge in [0.15, 0.2) is 0 Å². The quantitative estimate of drug-likeness (QED) is 0.437. The Bertz CT molecular complexity index is 1470. The predicted molar refractivity (Wildman–Crippen MR) is 166 cm³/mol. The van der Waals surface area contributed by atoms with E-state index in [1.807, 2.05) is 54.6 Å². The normalized spacial score (nSPS) is 17.5. The molecule has 3 aromatic rings. The Hall–Kier alpha value is -4.73. The van der Waals surface area contributed by atoms with Crippen LogP contribution in [0.1, 0.15) is 56.3 Å². The van der Waals surface area contributed by atoms with Gasteiger partial charge in [0.1, 0.15) is 18.7 Å². The number of hydrogen-bond acceptors (Lipinski definition) is 6. The highest BCUT2D eigenvalue weighted by molar-refractivity contribution is 6.05. The van der Waals surface area contributed by atoms with Crippen molar-refractivity contribution in [2.45, 2.75) is 57.7 Å². The number of hydrogen-bond donors (Lipinski definition) is 1. The number of carbonyl (C=O) groups is 4. The number of anilines is 1. The van der Waals surface area contributed by atoms with Crippen LogP contribution in [0.15, 0.2) is 79.1 Å². The largest absolute Gasteiger partial charge is 0.445 e. The Kier molecular flexibility index (Phi) is 9.27. The van der Waals surface area contributed by atoms with Gasteiger partial charge in [0.05, 0.1) is 6.54 Å². The molecule has 44 heavy (non-hydrogen) atoms. The maximum Gasteiger partial charge on any atom is 0.410 e. The van der Waals surface area contributed by atoms with Gasteiger partial charge in [-0.15, -0.1) is 0 Å². The fraction of sp³-hybridized carbons (Fsp3) is 0.382. The molecule has 1 aromatic heterocycles. The van der Waals surface area contributed by atoms with Crippen LogP contribution in [0.25, 0.3) is 0 Å². The molecule has 10 nitrogen and oxygen atoms in total. The third-order valence-electron chi connectivity index (χ3n) is 8.07. The number of rotatable bonds is 7. The number of amides is 4. The molecule has 10 heteroatoms. The van der Waals surface area contributed by atoms with Gasteiger partial charge in [-0.05, 0) is 47.6 Å². The summed E-state index contributed by atoms with van der Waals surface area (Å²) in [5.41, 5.74) is 2.80. The predicted octanol–water partition coefficient (Wildman–Crippen LogP) is 4.21. The number of benzene rings is 2. The van der Waals surface area contributed by atoms with Crippen LogP contribution in [-0.2, 0) is 31.1 Å². The van der Waals surface area contributed by atoms with Gasteiger partial charge in [-0.3, -0.25) is 29.2 Å². The summed E-state index contributed by atoms with van der Waals surface area (Å²) >= 11 is 0. The molecular formula is C34H39N5O5. The standard InChI is InChI=1S/C34H39N5O5/c1-34(2,3)26-13-15-27(16-14-26)39(30(25-11-7-17-35-21-25)32(42)37-20-18-36-29(40)22-37)31(41)28-12-8-19-38(28)33(43)44-23-24-9-5-4-6-10-24/h4-7,9-11,13-17,21,28,30H,8,12,18-20,22-23H2,1-3H3,(H,36,40)/t28-,30?/m1/s1. The molecule has 2 aromatic carbocycles. The minimum Gasteiger partial charge on any atom is -0.445 e. The average molecular weight is 598 g/mol. The minimum atomic E-state index is -1.11. The first-order valence-electron chi connectivity index (χ1n) is 15.0. The number of nitrogens with zero attached hydrogens (tertiary/aromatic N) is 4. The molecule has 0 bridgehead atoms. The van der Waals surface area contributed by atoms with Gasteiger partial charge in [0, 0.05) is 43.3 Å². The summed E-state index contributed by atoms with van der Waals surface area (Å²) in [5, 5.41) is 2.75. The molecule has 0 saturated carbocycles. The fourth-order valence-corrected chi connectivity index (χ4v) is 5.67. The number of aromatic nitrogens is 1. The van der Waals surface area contributed by atoms with E-state index in [-0.39, 0.29) is 24.5 Å². The van der Waals surface area contributed by atoms with Crippen molar-refractivity contribution in [1.82, 2.24) is 20.1 Å². The summed E-state index contributed by atoms with van der Waals surface area (Å²) in [7, 11) is 0. The lowest BCUT2D eigenvalue weighted by Gasteiger charge is -2.38. The molecule has 230 valence electrons. The smallest absolute Gasteiger partial charge is 0.410 e. The number of pyridine rings is 1. The summed E-state index contributed by atoms with van der Waals surface area (Å²) in [6.45, 7) is 7.28. The Labute approximate surface area is 258 Å². The third-order valence-corrected chi connectivity index (χ3v) is 8.07. The zero-order chi connectivity index (χ0) is 31.3. The van der Waals surface area contributed by atoms with Crippen LogP contribution < -0.4 is 10.2 Å². The summed E-state index contributed by atoms with van der Waals surface area (Å²) in [5.74, 6) is -1.05. The van der Waals surface area contributed by atoms with Crippen LogP contribution >= 0.6 is 0 Å². The Balaban J connectivity index is 1.52. The van der Waals surface area contributed by atoms with Gasteiger partial charge in [0.25, 0.3) is 11.8 Å². The van der Waals surface area contributed by atoms with Gasteiger partial charge in [-0.1, -0.05) is 69.3 Å². The topological polar surface area (TPSA) is 112 Å². The lowest BCUT2D eigenvalue weighted by molar-refractivity contribution is -0.140. The molecule has 2 fully saturated rings. The monoisotopic (exact) mass is 597 g/mol. The van der Waals surface area contributed by atoms with Gasteiger partial charge >= 0.3 is 6.09 Å². The maximum absolute atomic E-state index is 14.7. The van der Waals surface area contributed by atoms with Gasteiger partial charge in [-0.2, -0.15) is 0 Å². The molecule has 2 aliphatic rings. The lowest BCUT2D eigenvalue weighted by Crippen LogP contribution is -2.56. The van der Waals surface area contributed by atoms with Crippen LogP contribution in [0.3, 0.4) is 0 Å². The van der Waals surface area contributed by atoms with E-state index in [0.29, 0.717) is 43.7 Å². The summed E-state index contributed by atoms with van der Waals surface area (Å²) in [6.07, 6.45) is 3.63. The second kappa shape index (κ2) is 13.3. The number of piperazine rings is 1. The van der Waals surface area contributed by atoms with Crippen molar-refractivity contribution in [3.05, 3.63) is 95.8 Å². The second-order valence-corrected chi connectivity index (χ2v) is 12.2. The first kappa shape index (κ1) is 30.7. The molecule has 2 aliphatic heterocycles. The lowest BCUT2D eigenvalue weighted by atomic mass is 9.87. The molecule has 3 heterocycles. The highest BCUT2D eigenvalue weighted by Gasteiger charge is 2.43. The highest BCUT2D eigenvalue weighted by Crippen LogP contribution is 2.34. The average Bonchev–Trinajstić information content (AvgIpc) is 3.53. The number of likely N-dealkylation sites (tertiary alicyclic amines) is 1. The molecule has 1 N–H and O–H groups in total. The molecule has 2 atom stereocenters. The van der Waals surface area contributed by atoms with E-state index >= 15 is 0 Å². The number of carbonyl (C=O) groups excluding carboxylic acids is 4. The highest BCUT2D eigenvalue weighted by atomic mass is 16.6. The molecule has 4 amide bonds. The van der Waals surface area contributed by atoms with Crippen molar-refractivity contribution >= 4 is 29.5 Å². The van der Waals surface area contributed by atoms with Crippen molar-refractivity contribution in [1.29, 1.82) is 0 Å². The van der Waals surface area contributed by atoms with E-state index in [2.05, 4.69) is 31.1 Å². The Morgan fingerprint density at radius 2 is 1.77 bits per heavy atom. The zero-order valence-electron chi connectivity index (χ0n) is 25.4. The second-order valence-electron chi connectivity index (χ2n) is 12.2. The van der Waals surface area contributed by atoms with Crippen molar-refractivity contribution in [2.75, 3.05) is 31.1 Å². The van der Waals surface area contributed by atoms with Crippen molar-refractivity contribution in [3.8, 4) is 0 Å². The summed E-state index contributed by atoms with van der Waals surface area (Å²) in [4.78, 5) is 63.2. The molecule has 0 radical (unpaired) electrons. The molecule has 1 unspecified atom stereocenters. The fourth-order valence-electron chi connectivity index (χ4n) is 5.67. The van der Waals surface area contributed by atoms with Crippen LogP contribution in [0.2, 0.25) is 0 Å². The van der Waals surface area contributed by atoms with E-state index in [0.717, 1.165) is 11.1 Å². The van der Waals surface area contributed by atoms with Gasteiger partial charge in [-0.25, -0.2) is 4.79 Å². The van der Waals surface area contributed by atoms with E-state index < -0.39 is 30.0 Å². The molecular weight excluding hydrogens is 558 g/mol. The van der Waals surface area contributed by atoms with Crippen LogP contribution in [-0.4, -0.2) is 70.8 Å². The van der Waals surface area contributed by atoms with Crippen LogP contribution in [0, 0.1) is 0 Å². The first-order valence-corrected chi connectivity index (χ1v) is 15.0. The van der Waals surface area contributed by atoms with Gasteiger partial charge in [0.2, 0.25) is 5.91 Å². The summed E-state index contributed by atoms with van der Waals surface area (Å²) in [6, 6.07) is 18.5. The Morgan fingerprint density at radius 3 is 2.43 bits per heavy atom. The molecule has 0 aliphatic carbocycles. The van der Waals surface area contributed by atoms with E-state index in [9.17, 15) is 19.2 Å². The number of ether oxygens (including phenoxy) is 1. The van der Waals surface area contributed by atoms with Crippen LogP contribution in [0.4, 0.5) is 10.5 Å².